The Bertz CT molecular complexity index is 1030. The Kier molecular flexibility index (Phi) is 9.98. The van der Waals surface area contributed by atoms with E-state index < -0.39 is 6.04 Å². The number of rotatable bonds is 12. The summed E-state index contributed by atoms with van der Waals surface area (Å²) >= 11 is 6.05. The number of ether oxygens (including phenoxy) is 1. The molecule has 0 aromatic heterocycles. The molecule has 34 heavy (non-hydrogen) atoms. The Balaban J connectivity index is 1.86. The van der Waals surface area contributed by atoms with Crippen molar-refractivity contribution in [2.75, 3.05) is 13.2 Å². The van der Waals surface area contributed by atoms with Crippen LogP contribution in [0.15, 0.2) is 84.9 Å². The minimum atomic E-state index is -0.679. The van der Waals surface area contributed by atoms with Gasteiger partial charge in [0.15, 0.2) is 6.61 Å². The third kappa shape index (κ3) is 7.92. The predicted molar refractivity (Wildman–Crippen MR) is 136 cm³/mol. The van der Waals surface area contributed by atoms with Crippen molar-refractivity contribution in [2.45, 2.75) is 38.8 Å². The summed E-state index contributed by atoms with van der Waals surface area (Å²) < 4.78 is 5.74. The van der Waals surface area contributed by atoms with Crippen LogP contribution in [0.2, 0.25) is 5.02 Å². The summed E-state index contributed by atoms with van der Waals surface area (Å²) in [5, 5.41) is 3.63. The van der Waals surface area contributed by atoms with Crippen molar-refractivity contribution in [3.63, 3.8) is 0 Å². The molecule has 0 bridgehead atoms. The number of carbonyl (C=O) groups excluding carboxylic acids is 2. The lowest BCUT2D eigenvalue weighted by atomic mass is 10.0. The molecular formula is C28H31ClN2O3. The van der Waals surface area contributed by atoms with Gasteiger partial charge in [-0.3, -0.25) is 9.59 Å². The van der Waals surface area contributed by atoms with E-state index in [-0.39, 0.29) is 25.0 Å². The summed E-state index contributed by atoms with van der Waals surface area (Å²) in [6, 6.07) is 25.6. The first-order chi connectivity index (χ1) is 16.6. The Hall–Kier alpha value is -3.31. The van der Waals surface area contributed by atoms with Gasteiger partial charge in [0.2, 0.25) is 5.91 Å². The molecule has 5 nitrogen and oxygen atoms in total. The summed E-state index contributed by atoms with van der Waals surface area (Å²) in [5.41, 5.74) is 1.87. The lowest BCUT2D eigenvalue weighted by Crippen LogP contribution is -2.51. The molecule has 0 aliphatic rings. The van der Waals surface area contributed by atoms with Crippen molar-refractivity contribution in [2.24, 2.45) is 0 Å². The van der Waals surface area contributed by atoms with E-state index in [1.54, 1.807) is 29.2 Å². The van der Waals surface area contributed by atoms with E-state index in [1.807, 2.05) is 60.7 Å². The SMILES string of the molecule is CCCCNC(=O)[C@@H](Cc1ccccc1)N(Cc1ccc(Cl)cc1)C(=O)COc1ccccc1. The number of halogens is 1. The minimum absolute atomic E-state index is 0.162. The highest BCUT2D eigenvalue weighted by molar-refractivity contribution is 6.30. The molecule has 6 heteroatoms. The normalized spacial score (nSPS) is 11.5. The maximum Gasteiger partial charge on any atom is 0.261 e. The smallest absolute Gasteiger partial charge is 0.261 e. The van der Waals surface area contributed by atoms with Crippen LogP contribution in [0.5, 0.6) is 5.75 Å². The van der Waals surface area contributed by atoms with Crippen LogP contribution in [0.4, 0.5) is 0 Å². The molecule has 3 rings (SSSR count). The van der Waals surface area contributed by atoms with Crippen LogP contribution >= 0.6 is 11.6 Å². The lowest BCUT2D eigenvalue weighted by molar-refractivity contribution is -0.142. The fourth-order valence-corrected chi connectivity index (χ4v) is 3.72. The topological polar surface area (TPSA) is 58.6 Å². The van der Waals surface area contributed by atoms with Crippen molar-refractivity contribution in [3.8, 4) is 5.75 Å². The first kappa shape index (κ1) is 25.3. The zero-order valence-corrected chi connectivity index (χ0v) is 20.2. The summed E-state index contributed by atoms with van der Waals surface area (Å²) in [6.45, 7) is 2.76. The maximum absolute atomic E-state index is 13.4. The molecule has 0 aliphatic carbocycles. The zero-order chi connectivity index (χ0) is 24.2. The molecule has 0 aliphatic heterocycles. The molecule has 1 atom stereocenters. The fourth-order valence-electron chi connectivity index (χ4n) is 3.59. The van der Waals surface area contributed by atoms with E-state index in [1.165, 1.54) is 0 Å². The summed E-state index contributed by atoms with van der Waals surface area (Å²) in [7, 11) is 0. The lowest BCUT2D eigenvalue weighted by Gasteiger charge is -2.31. The Morgan fingerprint density at radius 1 is 0.912 bits per heavy atom. The Labute approximate surface area is 206 Å². The van der Waals surface area contributed by atoms with Crippen molar-refractivity contribution < 1.29 is 14.3 Å². The van der Waals surface area contributed by atoms with E-state index in [0.29, 0.717) is 23.7 Å². The van der Waals surface area contributed by atoms with Gasteiger partial charge in [-0.1, -0.05) is 85.6 Å². The molecular weight excluding hydrogens is 448 g/mol. The number of unbranched alkanes of at least 4 members (excludes halogenated alkanes) is 1. The number of nitrogens with one attached hydrogen (secondary N) is 1. The van der Waals surface area contributed by atoms with Crippen molar-refractivity contribution in [3.05, 3.63) is 101 Å². The summed E-state index contributed by atoms with van der Waals surface area (Å²) in [5.74, 6) is 0.180. The first-order valence-electron chi connectivity index (χ1n) is 11.6. The van der Waals surface area contributed by atoms with Crippen molar-refractivity contribution >= 4 is 23.4 Å². The molecule has 0 radical (unpaired) electrons. The van der Waals surface area contributed by atoms with Gasteiger partial charge in [-0.05, 0) is 41.8 Å². The second kappa shape index (κ2) is 13.4. The summed E-state index contributed by atoms with van der Waals surface area (Å²) in [4.78, 5) is 28.4. The third-order valence-electron chi connectivity index (χ3n) is 5.47. The van der Waals surface area contributed by atoms with Crippen LogP contribution in [0, 0.1) is 0 Å². The fraction of sp³-hybridized carbons (Fsp3) is 0.286. The quantitative estimate of drug-likeness (QED) is 0.360. The summed E-state index contributed by atoms with van der Waals surface area (Å²) in [6.07, 6.45) is 2.26. The van der Waals surface area contributed by atoms with E-state index >= 15 is 0 Å². The predicted octanol–water partition coefficient (Wildman–Crippen LogP) is 5.28. The number of hydrogen-bond acceptors (Lipinski definition) is 3. The molecule has 178 valence electrons. The molecule has 0 heterocycles. The first-order valence-corrected chi connectivity index (χ1v) is 12.0. The average Bonchev–Trinajstić information content (AvgIpc) is 2.87. The highest BCUT2D eigenvalue weighted by Crippen LogP contribution is 2.18. The largest absolute Gasteiger partial charge is 0.484 e. The average molecular weight is 479 g/mol. The van der Waals surface area contributed by atoms with Crippen LogP contribution in [0.3, 0.4) is 0 Å². The van der Waals surface area contributed by atoms with Crippen molar-refractivity contribution in [1.82, 2.24) is 10.2 Å². The second-order valence-corrected chi connectivity index (χ2v) is 8.54. The van der Waals surface area contributed by atoms with Gasteiger partial charge in [-0.2, -0.15) is 0 Å². The van der Waals surface area contributed by atoms with Gasteiger partial charge < -0.3 is 15.0 Å². The number of para-hydroxylation sites is 1. The number of nitrogens with zero attached hydrogens (tertiary/aromatic N) is 1. The van der Waals surface area contributed by atoms with Crippen LogP contribution in [-0.2, 0) is 22.6 Å². The van der Waals surface area contributed by atoms with Crippen LogP contribution < -0.4 is 10.1 Å². The molecule has 0 saturated carbocycles. The van der Waals surface area contributed by atoms with E-state index in [4.69, 9.17) is 16.3 Å². The van der Waals surface area contributed by atoms with E-state index in [9.17, 15) is 9.59 Å². The van der Waals surface area contributed by atoms with Crippen molar-refractivity contribution in [1.29, 1.82) is 0 Å². The Morgan fingerprint density at radius 3 is 2.21 bits per heavy atom. The number of hydrogen-bond donors (Lipinski definition) is 1. The van der Waals surface area contributed by atoms with Crippen LogP contribution in [0.1, 0.15) is 30.9 Å². The van der Waals surface area contributed by atoms with Gasteiger partial charge in [0.1, 0.15) is 11.8 Å². The van der Waals surface area contributed by atoms with Crippen LogP contribution in [0.25, 0.3) is 0 Å². The van der Waals surface area contributed by atoms with Crippen LogP contribution in [-0.4, -0.2) is 35.9 Å². The highest BCUT2D eigenvalue weighted by atomic mass is 35.5. The van der Waals surface area contributed by atoms with E-state index in [2.05, 4.69) is 12.2 Å². The standard InChI is InChI=1S/C28H31ClN2O3/c1-2-3-18-30-28(33)26(19-22-10-6-4-7-11-22)31(20-23-14-16-24(29)17-15-23)27(32)21-34-25-12-8-5-9-13-25/h4-17,26H,2-3,18-21H2,1H3,(H,30,33)/t26-/m1/s1. The molecule has 1 N–H and O–H groups in total. The molecule has 2 amide bonds. The number of amides is 2. The maximum atomic E-state index is 13.4. The van der Waals surface area contributed by atoms with Gasteiger partial charge in [-0.25, -0.2) is 0 Å². The monoisotopic (exact) mass is 478 g/mol. The highest BCUT2D eigenvalue weighted by Gasteiger charge is 2.30. The van der Waals surface area contributed by atoms with Gasteiger partial charge in [0.05, 0.1) is 0 Å². The molecule has 3 aromatic rings. The molecule has 0 spiro atoms. The van der Waals surface area contributed by atoms with Gasteiger partial charge in [0.25, 0.3) is 5.91 Å². The molecule has 3 aromatic carbocycles. The zero-order valence-electron chi connectivity index (χ0n) is 19.5. The number of carbonyl (C=O) groups is 2. The van der Waals surface area contributed by atoms with Gasteiger partial charge in [-0.15, -0.1) is 0 Å². The molecule has 0 fully saturated rings. The van der Waals surface area contributed by atoms with Gasteiger partial charge in [0, 0.05) is 24.5 Å². The van der Waals surface area contributed by atoms with E-state index in [0.717, 1.165) is 24.0 Å². The van der Waals surface area contributed by atoms with Gasteiger partial charge >= 0.3 is 0 Å². The number of benzene rings is 3. The molecule has 0 saturated heterocycles. The Morgan fingerprint density at radius 2 is 1.56 bits per heavy atom. The second-order valence-electron chi connectivity index (χ2n) is 8.10. The minimum Gasteiger partial charge on any atom is -0.484 e. The third-order valence-corrected chi connectivity index (χ3v) is 5.72. The molecule has 0 unspecified atom stereocenters.